The lowest BCUT2D eigenvalue weighted by atomic mass is 10.2. The maximum absolute atomic E-state index is 12.7. The van der Waals surface area contributed by atoms with Crippen LogP contribution in [0.5, 0.6) is 0 Å². The fourth-order valence-corrected chi connectivity index (χ4v) is 2.29. The van der Waals surface area contributed by atoms with Gasteiger partial charge in [0.25, 0.3) is 0 Å². The number of anilines is 1. The smallest absolute Gasteiger partial charge is 0.325 e. The molecular formula is C13H14F6N2OS. The SMILES string of the molecule is CNCCC(=O)Nc1cc(C(F)(F)F)ccc1SCC(F)(F)F. The van der Waals surface area contributed by atoms with Crippen molar-refractivity contribution in [1.29, 1.82) is 0 Å². The fraction of sp³-hybridized carbons (Fsp3) is 0.462. The molecule has 0 unspecified atom stereocenters. The van der Waals surface area contributed by atoms with Crippen LogP contribution >= 0.6 is 11.8 Å². The van der Waals surface area contributed by atoms with Crippen molar-refractivity contribution in [3.05, 3.63) is 23.8 Å². The third kappa shape index (κ3) is 7.12. The average molecular weight is 360 g/mol. The summed E-state index contributed by atoms with van der Waals surface area (Å²) in [6.07, 6.45) is -9.14. The van der Waals surface area contributed by atoms with Crippen LogP contribution < -0.4 is 10.6 Å². The standard InChI is InChI=1S/C13H14F6N2OS/c1-20-5-4-11(22)21-9-6-8(13(17,18)19)2-3-10(9)23-7-12(14,15)16/h2-3,6,20H,4-5,7H2,1H3,(H,21,22). The molecule has 0 aliphatic heterocycles. The van der Waals surface area contributed by atoms with E-state index in [0.717, 1.165) is 6.07 Å². The number of hydrogen-bond donors (Lipinski definition) is 2. The quantitative estimate of drug-likeness (QED) is 0.597. The Morgan fingerprint density at radius 1 is 1.17 bits per heavy atom. The first-order chi connectivity index (χ1) is 10.5. The zero-order valence-corrected chi connectivity index (χ0v) is 12.8. The molecule has 2 N–H and O–H groups in total. The Kier molecular flexibility index (Phi) is 6.75. The van der Waals surface area contributed by atoms with E-state index in [1.165, 1.54) is 0 Å². The summed E-state index contributed by atoms with van der Waals surface area (Å²) < 4.78 is 74.9. The minimum Gasteiger partial charge on any atom is -0.325 e. The Hall–Kier alpha value is -1.42. The van der Waals surface area contributed by atoms with Crippen LogP contribution in [-0.4, -0.2) is 31.4 Å². The van der Waals surface area contributed by atoms with Gasteiger partial charge in [-0.2, -0.15) is 26.3 Å². The maximum Gasteiger partial charge on any atom is 0.416 e. The van der Waals surface area contributed by atoms with Crippen molar-refractivity contribution in [2.24, 2.45) is 0 Å². The minimum absolute atomic E-state index is 0.0177. The Balaban J connectivity index is 3.01. The Morgan fingerprint density at radius 3 is 2.35 bits per heavy atom. The molecule has 1 amide bonds. The number of halogens is 6. The van der Waals surface area contributed by atoms with Gasteiger partial charge in [0.15, 0.2) is 0 Å². The molecule has 0 heterocycles. The molecule has 1 aromatic rings. The molecule has 23 heavy (non-hydrogen) atoms. The largest absolute Gasteiger partial charge is 0.416 e. The number of alkyl halides is 6. The number of amides is 1. The number of benzene rings is 1. The number of carbonyl (C=O) groups excluding carboxylic acids is 1. The first-order valence-electron chi connectivity index (χ1n) is 6.38. The third-order valence-corrected chi connectivity index (χ3v) is 3.71. The Bertz CT molecular complexity index is 544. The molecule has 0 saturated carbocycles. The van der Waals surface area contributed by atoms with Crippen LogP contribution in [0.3, 0.4) is 0 Å². The van der Waals surface area contributed by atoms with Crippen molar-refractivity contribution in [2.45, 2.75) is 23.7 Å². The summed E-state index contributed by atoms with van der Waals surface area (Å²) >= 11 is 0.316. The molecule has 10 heteroatoms. The topological polar surface area (TPSA) is 41.1 Å². The zero-order valence-electron chi connectivity index (χ0n) is 11.9. The number of nitrogens with one attached hydrogen (secondary N) is 2. The van der Waals surface area contributed by atoms with Gasteiger partial charge in [0.1, 0.15) is 0 Å². The second-order valence-corrected chi connectivity index (χ2v) is 5.53. The van der Waals surface area contributed by atoms with Crippen molar-refractivity contribution in [2.75, 3.05) is 24.7 Å². The molecule has 0 saturated heterocycles. The highest BCUT2D eigenvalue weighted by Gasteiger charge is 2.32. The number of hydrogen-bond acceptors (Lipinski definition) is 3. The summed E-state index contributed by atoms with van der Waals surface area (Å²) in [4.78, 5) is 11.5. The van der Waals surface area contributed by atoms with E-state index in [2.05, 4.69) is 10.6 Å². The van der Waals surface area contributed by atoms with E-state index < -0.39 is 29.6 Å². The van der Waals surface area contributed by atoms with Crippen LogP contribution in [0, 0.1) is 0 Å². The highest BCUT2D eigenvalue weighted by molar-refractivity contribution is 7.99. The molecule has 3 nitrogen and oxygen atoms in total. The summed E-state index contributed by atoms with van der Waals surface area (Å²) in [7, 11) is 1.59. The summed E-state index contributed by atoms with van der Waals surface area (Å²) in [5, 5.41) is 4.91. The lowest BCUT2D eigenvalue weighted by molar-refractivity contribution is -0.137. The average Bonchev–Trinajstić information content (AvgIpc) is 2.41. The summed E-state index contributed by atoms with van der Waals surface area (Å²) in [6, 6.07) is 2.24. The van der Waals surface area contributed by atoms with E-state index in [-0.39, 0.29) is 23.5 Å². The molecule has 0 fully saturated rings. The van der Waals surface area contributed by atoms with Gasteiger partial charge in [-0.15, -0.1) is 11.8 Å². The van der Waals surface area contributed by atoms with Crippen LogP contribution in [0.4, 0.5) is 32.0 Å². The lowest BCUT2D eigenvalue weighted by Crippen LogP contribution is -2.19. The van der Waals surface area contributed by atoms with Gasteiger partial charge in [-0.3, -0.25) is 4.79 Å². The van der Waals surface area contributed by atoms with Gasteiger partial charge in [-0.1, -0.05) is 0 Å². The second kappa shape index (κ2) is 7.91. The van der Waals surface area contributed by atoms with Gasteiger partial charge in [0.2, 0.25) is 5.91 Å². The van der Waals surface area contributed by atoms with Gasteiger partial charge in [0.05, 0.1) is 17.0 Å². The Morgan fingerprint density at radius 2 is 1.83 bits per heavy atom. The molecule has 0 bridgehead atoms. The van der Waals surface area contributed by atoms with Gasteiger partial charge in [-0.25, -0.2) is 0 Å². The number of carbonyl (C=O) groups is 1. The van der Waals surface area contributed by atoms with Crippen molar-refractivity contribution in [1.82, 2.24) is 5.32 Å². The molecule has 0 aliphatic rings. The highest BCUT2D eigenvalue weighted by Crippen LogP contribution is 2.37. The highest BCUT2D eigenvalue weighted by atomic mass is 32.2. The minimum atomic E-state index is -4.66. The van der Waals surface area contributed by atoms with E-state index in [1.54, 1.807) is 7.05 Å². The van der Waals surface area contributed by atoms with E-state index in [4.69, 9.17) is 0 Å². The van der Waals surface area contributed by atoms with Gasteiger partial charge in [-0.05, 0) is 25.2 Å². The molecule has 1 aromatic carbocycles. The first kappa shape index (κ1) is 19.6. The predicted molar refractivity (Wildman–Crippen MR) is 75.4 cm³/mol. The monoisotopic (exact) mass is 360 g/mol. The van der Waals surface area contributed by atoms with Gasteiger partial charge >= 0.3 is 12.4 Å². The van der Waals surface area contributed by atoms with Crippen molar-refractivity contribution in [3.63, 3.8) is 0 Å². The van der Waals surface area contributed by atoms with Crippen LogP contribution in [0.2, 0.25) is 0 Å². The molecule has 0 aliphatic carbocycles. The van der Waals surface area contributed by atoms with E-state index in [1.807, 2.05) is 0 Å². The summed E-state index contributed by atoms with van der Waals surface area (Å²) in [6.45, 7) is 0.288. The molecule has 0 spiro atoms. The Labute approximate surface area is 132 Å². The van der Waals surface area contributed by atoms with Gasteiger partial charge in [0, 0.05) is 17.9 Å². The molecule has 1 rings (SSSR count). The predicted octanol–water partition coefficient (Wildman–Crippen LogP) is 3.91. The first-order valence-corrected chi connectivity index (χ1v) is 7.37. The van der Waals surface area contributed by atoms with Gasteiger partial charge < -0.3 is 10.6 Å². The third-order valence-electron chi connectivity index (χ3n) is 2.57. The van der Waals surface area contributed by atoms with E-state index >= 15 is 0 Å². The molecular weight excluding hydrogens is 346 g/mol. The van der Waals surface area contributed by atoms with Crippen LogP contribution in [0.1, 0.15) is 12.0 Å². The van der Waals surface area contributed by atoms with Crippen molar-refractivity contribution >= 4 is 23.4 Å². The van der Waals surface area contributed by atoms with E-state index in [9.17, 15) is 31.1 Å². The van der Waals surface area contributed by atoms with Crippen molar-refractivity contribution < 1.29 is 31.1 Å². The van der Waals surface area contributed by atoms with Crippen LogP contribution in [0.25, 0.3) is 0 Å². The number of rotatable bonds is 6. The van der Waals surface area contributed by atoms with Crippen LogP contribution in [-0.2, 0) is 11.0 Å². The molecule has 0 atom stereocenters. The number of thioether (sulfide) groups is 1. The molecule has 0 radical (unpaired) electrons. The maximum atomic E-state index is 12.7. The summed E-state index contributed by atoms with van der Waals surface area (Å²) in [5.41, 5.74) is -1.33. The normalized spacial score (nSPS) is 12.3. The van der Waals surface area contributed by atoms with E-state index in [0.29, 0.717) is 23.9 Å². The zero-order chi connectivity index (χ0) is 17.7. The second-order valence-electron chi connectivity index (χ2n) is 4.51. The van der Waals surface area contributed by atoms with Crippen LogP contribution in [0.15, 0.2) is 23.1 Å². The molecule has 0 aromatic heterocycles. The molecule has 130 valence electrons. The lowest BCUT2D eigenvalue weighted by Gasteiger charge is -2.15. The van der Waals surface area contributed by atoms with Crippen molar-refractivity contribution in [3.8, 4) is 0 Å². The summed E-state index contributed by atoms with van der Waals surface area (Å²) in [5.74, 6) is -1.86. The fourth-order valence-electron chi connectivity index (χ4n) is 1.54.